The molecule has 0 unspecified atom stereocenters. The molecule has 0 saturated heterocycles. The SMILES string of the molecule is COc1cc(Cl)c(-c2cccc(F)c2)cc1-c1nccc2cc(S(=O)(=O)Nc3ncccn3)ccc12. The number of methoxy groups -OCH3 is 1. The molecule has 5 aromatic rings. The monoisotopic (exact) mass is 520 g/mol. The van der Waals surface area contributed by atoms with Gasteiger partial charge in [-0.25, -0.2) is 27.5 Å². The van der Waals surface area contributed by atoms with E-state index in [9.17, 15) is 12.8 Å². The molecule has 0 saturated carbocycles. The fourth-order valence-electron chi connectivity index (χ4n) is 3.85. The molecule has 0 bridgehead atoms. The van der Waals surface area contributed by atoms with E-state index >= 15 is 0 Å². The average Bonchev–Trinajstić information content (AvgIpc) is 2.88. The minimum absolute atomic E-state index is 0.0243. The van der Waals surface area contributed by atoms with Crippen molar-refractivity contribution in [3.8, 4) is 28.1 Å². The number of hydrogen-bond donors (Lipinski definition) is 1. The van der Waals surface area contributed by atoms with Crippen LogP contribution in [0.1, 0.15) is 0 Å². The highest BCUT2D eigenvalue weighted by molar-refractivity contribution is 7.92. The third-order valence-electron chi connectivity index (χ3n) is 5.52. The Morgan fingerprint density at radius 2 is 1.69 bits per heavy atom. The van der Waals surface area contributed by atoms with Crippen LogP contribution in [-0.2, 0) is 10.0 Å². The van der Waals surface area contributed by atoms with Gasteiger partial charge in [0.25, 0.3) is 10.0 Å². The van der Waals surface area contributed by atoms with E-state index in [1.54, 1.807) is 54.7 Å². The third-order valence-corrected chi connectivity index (χ3v) is 7.16. The summed E-state index contributed by atoms with van der Waals surface area (Å²) in [5.41, 5.74) is 2.39. The summed E-state index contributed by atoms with van der Waals surface area (Å²) in [6.45, 7) is 0. The summed E-state index contributed by atoms with van der Waals surface area (Å²) in [6.07, 6.45) is 4.47. The number of rotatable bonds is 6. The number of nitrogens with one attached hydrogen (secondary N) is 1. The van der Waals surface area contributed by atoms with E-state index in [2.05, 4.69) is 19.7 Å². The number of sulfonamides is 1. The Morgan fingerprint density at radius 1 is 0.889 bits per heavy atom. The summed E-state index contributed by atoms with van der Waals surface area (Å²) in [6, 6.07) is 17.6. The smallest absolute Gasteiger partial charge is 0.264 e. The maximum absolute atomic E-state index is 13.9. The topological polar surface area (TPSA) is 94.1 Å². The normalized spacial score (nSPS) is 11.4. The number of hydrogen-bond acceptors (Lipinski definition) is 6. The Hall–Kier alpha value is -4.08. The van der Waals surface area contributed by atoms with Crippen LogP contribution < -0.4 is 9.46 Å². The van der Waals surface area contributed by atoms with Gasteiger partial charge in [-0.05, 0) is 53.4 Å². The molecule has 0 aliphatic heterocycles. The molecule has 0 radical (unpaired) electrons. The Labute approximate surface area is 211 Å². The fraction of sp³-hybridized carbons (Fsp3) is 0.0385. The Balaban J connectivity index is 1.62. The van der Waals surface area contributed by atoms with Gasteiger partial charge in [0.05, 0.1) is 22.7 Å². The van der Waals surface area contributed by atoms with Crippen LogP contribution in [0.15, 0.2) is 90.2 Å². The first-order valence-electron chi connectivity index (χ1n) is 10.7. The maximum atomic E-state index is 13.9. The minimum atomic E-state index is -3.92. The number of nitrogens with zero attached hydrogens (tertiary/aromatic N) is 3. The van der Waals surface area contributed by atoms with Gasteiger partial charge in [-0.1, -0.05) is 29.8 Å². The van der Waals surface area contributed by atoms with E-state index in [1.165, 1.54) is 37.7 Å². The van der Waals surface area contributed by atoms with Crippen molar-refractivity contribution in [1.82, 2.24) is 15.0 Å². The van der Waals surface area contributed by atoms with Crippen molar-refractivity contribution in [2.45, 2.75) is 4.90 Å². The molecule has 0 amide bonds. The third kappa shape index (κ3) is 4.58. The Bertz CT molecular complexity index is 1700. The fourth-order valence-corrected chi connectivity index (χ4v) is 5.11. The molecule has 2 aromatic heterocycles. The van der Waals surface area contributed by atoms with Crippen LogP contribution in [0.2, 0.25) is 5.02 Å². The van der Waals surface area contributed by atoms with Gasteiger partial charge >= 0.3 is 0 Å². The highest BCUT2D eigenvalue weighted by atomic mass is 35.5. The van der Waals surface area contributed by atoms with Gasteiger partial charge in [-0.3, -0.25) is 4.98 Å². The molecular formula is C26H18ClFN4O3S. The lowest BCUT2D eigenvalue weighted by Crippen LogP contribution is -2.14. The molecule has 0 fully saturated rings. The Morgan fingerprint density at radius 3 is 2.44 bits per heavy atom. The van der Waals surface area contributed by atoms with Crippen LogP contribution in [0.4, 0.5) is 10.3 Å². The summed E-state index contributed by atoms with van der Waals surface area (Å²) in [7, 11) is -2.40. The maximum Gasteiger partial charge on any atom is 0.264 e. The molecule has 0 spiro atoms. The van der Waals surface area contributed by atoms with E-state index < -0.39 is 10.0 Å². The van der Waals surface area contributed by atoms with Crippen molar-refractivity contribution in [2.75, 3.05) is 11.8 Å². The van der Waals surface area contributed by atoms with Gasteiger partial charge in [0, 0.05) is 41.2 Å². The number of fused-ring (bicyclic) bond motifs is 1. The molecule has 36 heavy (non-hydrogen) atoms. The summed E-state index contributed by atoms with van der Waals surface area (Å²) < 4.78 is 47.6. The largest absolute Gasteiger partial charge is 0.496 e. The van der Waals surface area contributed by atoms with Crippen molar-refractivity contribution < 1.29 is 17.5 Å². The molecular weight excluding hydrogens is 503 g/mol. The van der Waals surface area contributed by atoms with E-state index in [4.69, 9.17) is 16.3 Å². The van der Waals surface area contributed by atoms with Gasteiger partial charge < -0.3 is 4.74 Å². The van der Waals surface area contributed by atoms with Gasteiger partial charge in [0.1, 0.15) is 11.6 Å². The number of ether oxygens (including phenoxy) is 1. The van der Waals surface area contributed by atoms with Crippen LogP contribution >= 0.6 is 11.6 Å². The summed E-state index contributed by atoms with van der Waals surface area (Å²) in [4.78, 5) is 12.4. The van der Waals surface area contributed by atoms with Crippen LogP contribution in [0.3, 0.4) is 0 Å². The van der Waals surface area contributed by atoms with E-state index in [0.717, 1.165) is 0 Å². The molecule has 180 valence electrons. The quantitative estimate of drug-likeness (QED) is 0.297. The lowest BCUT2D eigenvalue weighted by Gasteiger charge is -2.15. The van der Waals surface area contributed by atoms with Gasteiger partial charge in [-0.2, -0.15) is 0 Å². The number of anilines is 1. The first kappa shape index (κ1) is 23.7. The molecule has 1 N–H and O–H groups in total. The molecule has 0 atom stereocenters. The predicted octanol–water partition coefficient (Wildman–Crippen LogP) is 5.96. The molecule has 10 heteroatoms. The van der Waals surface area contributed by atoms with Crippen molar-refractivity contribution in [1.29, 1.82) is 0 Å². The first-order valence-corrected chi connectivity index (χ1v) is 12.5. The molecule has 7 nitrogen and oxygen atoms in total. The zero-order valence-corrected chi connectivity index (χ0v) is 20.4. The van der Waals surface area contributed by atoms with Gasteiger partial charge in [-0.15, -0.1) is 0 Å². The second kappa shape index (κ2) is 9.52. The molecule has 5 rings (SSSR count). The standard InChI is InChI=1S/C26H18ClFN4O3S/c1-35-24-15-23(27)21(16-4-2-5-18(28)12-16)14-22(24)25-20-7-6-19(13-17(20)8-11-29-25)36(33,34)32-26-30-9-3-10-31-26/h2-15H,1H3,(H,30,31,32). The van der Waals surface area contributed by atoms with Crippen molar-refractivity contribution >= 4 is 38.3 Å². The predicted molar refractivity (Wildman–Crippen MR) is 137 cm³/mol. The zero-order chi connectivity index (χ0) is 25.3. The van der Waals surface area contributed by atoms with E-state index in [0.29, 0.717) is 43.9 Å². The molecule has 0 aliphatic rings. The minimum Gasteiger partial charge on any atom is -0.496 e. The summed E-state index contributed by atoms with van der Waals surface area (Å²) in [5, 5.41) is 1.73. The Kier molecular flexibility index (Phi) is 6.26. The van der Waals surface area contributed by atoms with E-state index in [1.807, 2.05) is 0 Å². The highest BCUT2D eigenvalue weighted by Crippen LogP contribution is 2.41. The molecule has 3 aromatic carbocycles. The number of aromatic nitrogens is 3. The van der Waals surface area contributed by atoms with Gasteiger partial charge in [0.2, 0.25) is 5.95 Å². The van der Waals surface area contributed by atoms with E-state index in [-0.39, 0.29) is 16.7 Å². The first-order chi connectivity index (χ1) is 17.4. The second-order valence-corrected chi connectivity index (χ2v) is 9.85. The lowest BCUT2D eigenvalue weighted by atomic mass is 9.98. The average molecular weight is 521 g/mol. The highest BCUT2D eigenvalue weighted by Gasteiger charge is 2.19. The van der Waals surface area contributed by atoms with Crippen LogP contribution in [0, 0.1) is 5.82 Å². The number of pyridine rings is 1. The molecule has 2 heterocycles. The lowest BCUT2D eigenvalue weighted by molar-refractivity contribution is 0.416. The summed E-state index contributed by atoms with van der Waals surface area (Å²) in [5.74, 6) is 0.0657. The zero-order valence-electron chi connectivity index (χ0n) is 18.8. The van der Waals surface area contributed by atoms with Crippen molar-refractivity contribution in [3.63, 3.8) is 0 Å². The molecule has 0 aliphatic carbocycles. The number of benzene rings is 3. The summed E-state index contributed by atoms with van der Waals surface area (Å²) >= 11 is 6.50. The van der Waals surface area contributed by atoms with Gasteiger partial charge in [0.15, 0.2) is 0 Å². The van der Waals surface area contributed by atoms with Crippen molar-refractivity contribution in [3.05, 3.63) is 96.2 Å². The van der Waals surface area contributed by atoms with Crippen molar-refractivity contribution in [2.24, 2.45) is 0 Å². The van der Waals surface area contributed by atoms with Crippen LogP contribution in [0.25, 0.3) is 33.2 Å². The number of halogens is 2. The van der Waals surface area contributed by atoms with Crippen LogP contribution in [0.5, 0.6) is 5.75 Å². The second-order valence-electron chi connectivity index (χ2n) is 7.76. The van der Waals surface area contributed by atoms with Crippen LogP contribution in [-0.4, -0.2) is 30.5 Å².